The topological polar surface area (TPSA) is 93.4 Å². The number of aromatic nitrogens is 1. The number of nitrogens with one attached hydrogen (secondary N) is 1. The van der Waals surface area contributed by atoms with Gasteiger partial charge in [0.2, 0.25) is 0 Å². The van der Waals surface area contributed by atoms with E-state index < -0.39 is 17.3 Å². The molecule has 36 heavy (non-hydrogen) atoms. The molecule has 0 aliphatic rings. The van der Waals surface area contributed by atoms with E-state index >= 15 is 0 Å². The third-order valence-electron chi connectivity index (χ3n) is 5.20. The van der Waals surface area contributed by atoms with E-state index in [1.54, 1.807) is 54.6 Å². The SMILES string of the molecule is COc1ccc(/C=c2/s/c(=C(\C#N)C(=O)Nc3ccc(F)cc3)n(-c3ccccc3)c2=O)cc1OC. The quantitative estimate of drug-likeness (QED) is 0.438. The van der Waals surface area contributed by atoms with Gasteiger partial charge in [0.25, 0.3) is 11.5 Å². The molecule has 0 atom stereocenters. The Morgan fingerprint density at radius 1 is 1.03 bits per heavy atom. The van der Waals surface area contributed by atoms with Crippen LogP contribution in [0.2, 0.25) is 0 Å². The minimum atomic E-state index is -0.715. The number of carbonyl (C=O) groups is 1. The lowest BCUT2D eigenvalue weighted by Crippen LogP contribution is -2.32. The number of hydrogen-bond donors (Lipinski definition) is 1. The van der Waals surface area contributed by atoms with Gasteiger partial charge in [0.15, 0.2) is 17.1 Å². The average Bonchev–Trinajstić information content (AvgIpc) is 3.21. The number of rotatable bonds is 6. The second-order valence-corrected chi connectivity index (χ2v) is 8.48. The van der Waals surface area contributed by atoms with Gasteiger partial charge < -0.3 is 14.8 Å². The molecule has 0 unspecified atom stereocenters. The number of anilines is 1. The molecule has 4 aromatic rings. The molecule has 1 aromatic heterocycles. The van der Waals surface area contributed by atoms with Gasteiger partial charge in [-0.3, -0.25) is 14.2 Å². The predicted molar refractivity (Wildman–Crippen MR) is 136 cm³/mol. The Bertz CT molecular complexity index is 1640. The number of methoxy groups -OCH3 is 2. The third kappa shape index (κ3) is 5.04. The Labute approximate surface area is 209 Å². The largest absolute Gasteiger partial charge is 0.493 e. The monoisotopic (exact) mass is 501 g/mol. The highest BCUT2D eigenvalue weighted by Gasteiger charge is 2.17. The fourth-order valence-corrected chi connectivity index (χ4v) is 4.58. The first kappa shape index (κ1) is 24.4. The maximum Gasteiger partial charge on any atom is 0.273 e. The van der Waals surface area contributed by atoms with E-state index in [1.165, 1.54) is 43.1 Å². The third-order valence-corrected chi connectivity index (χ3v) is 6.29. The molecule has 0 aliphatic heterocycles. The van der Waals surface area contributed by atoms with Crippen LogP contribution in [0.1, 0.15) is 5.56 Å². The number of para-hydroxylation sites is 1. The van der Waals surface area contributed by atoms with Gasteiger partial charge in [-0.2, -0.15) is 5.26 Å². The molecule has 0 aliphatic carbocycles. The zero-order valence-corrected chi connectivity index (χ0v) is 20.1. The van der Waals surface area contributed by atoms with Gasteiger partial charge in [-0.15, -0.1) is 11.3 Å². The maximum atomic E-state index is 13.5. The summed E-state index contributed by atoms with van der Waals surface area (Å²) in [6, 6.07) is 21.0. The minimum absolute atomic E-state index is 0.167. The lowest BCUT2D eigenvalue weighted by atomic mass is 10.2. The second kappa shape index (κ2) is 10.7. The van der Waals surface area contributed by atoms with E-state index in [-0.39, 0.29) is 10.2 Å². The number of hydrogen-bond acceptors (Lipinski definition) is 6. The van der Waals surface area contributed by atoms with Crippen LogP contribution in [0.15, 0.2) is 77.6 Å². The molecular weight excluding hydrogens is 481 g/mol. The van der Waals surface area contributed by atoms with Crippen molar-refractivity contribution < 1.29 is 18.7 Å². The smallest absolute Gasteiger partial charge is 0.273 e. The highest BCUT2D eigenvalue weighted by atomic mass is 32.1. The molecule has 7 nitrogen and oxygen atoms in total. The molecule has 0 saturated carbocycles. The summed E-state index contributed by atoms with van der Waals surface area (Å²) in [6.45, 7) is 0. The van der Waals surface area contributed by atoms with Crippen molar-refractivity contribution in [2.24, 2.45) is 0 Å². The van der Waals surface area contributed by atoms with Crippen LogP contribution in [0.3, 0.4) is 0 Å². The fourth-order valence-electron chi connectivity index (χ4n) is 3.48. The van der Waals surface area contributed by atoms with E-state index in [2.05, 4.69) is 5.32 Å². The standard InChI is InChI=1S/C27H20FN3O4S/c1-34-22-13-8-17(14-23(22)35-2)15-24-26(33)31(20-6-4-3-5-7-20)27(36-24)21(16-29)25(32)30-19-11-9-18(28)10-12-19/h3-15H,1-2H3,(H,30,32)/b24-15+,27-21+. The molecule has 1 amide bonds. The van der Waals surface area contributed by atoms with Crippen LogP contribution in [0.5, 0.6) is 11.5 Å². The first-order valence-electron chi connectivity index (χ1n) is 10.7. The van der Waals surface area contributed by atoms with Crippen molar-refractivity contribution in [3.8, 4) is 23.3 Å². The number of carbonyl (C=O) groups excluding carboxylic acids is 1. The Morgan fingerprint density at radius 2 is 1.72 bits per heavy atom. The first-order chi connectivity index (χ1) is 17.4. The van der Waals surface area contributed by atoms with Crippen LogP contribution in [-0.2, 0) is 4.79 Å². The summed E-state index contributed by atoms with van der Waals surface area (Å²) in [5, 5.41) is 12.5. The van der Waals surface area contributed by atoms with E-state index in [4.69, 9.17) is 9.47 Å². The number of thiazole rings is 1. The zero-order valence-electron chi connectivity index (χ0n) is 19.3. The van der Waals surface area contributed by atoms with Gasteiger partial charge in [0.1, 0.15) is 16.5 Å². The number of nitrogens with zero attached hydrogens (tertiary/aromatic N) is 2. The number of halogens is 1. The van der Waals surface area contributed by atoms with Crippen molar-refractivity contribution in [1.82, 2.24) is 4.57 Å². The van der Waals surface area contributed by atoms with Crippen molar-refractivity contribution in [3.05, 3.63) is 104 Å². The highest BCUT2D eigenvalue weighted by Crippen LogP contribution is 2.27. The number of amides is 1. The Hall–Kier alpha value is -4.68. The number of benzene rings is 3. The molecule has 180 valence electrons. The van der Waals surface area contributed by atoms with Gasteiger partial charge in [0, 0.05) is 5.69 Å². The van der Waals surface area contributed by atoms with Crippen LogP contribution in [0.4, 0.5) is 10.1 Å². The molecule has 9 heteroatoms. The fraction of sp³-hybridized carbons (Fsp3) is 0.0741. The number of ether oxygens (including phenoxy) is 2. The molecule has 3 aromatic carbocycles. The second-order valence-electron chi connectivity index (χ2n) is 7.45. The Kier molecular flexibility index (Phi) is 7.28. The molecule has 0 bridgehead atoms. The van der Waals surface area contributed by atoms with Crippen LogP contribution in [-0.4, -0.2) is 24.7 Å². The van der Waals surface area contributed by atoms with E-state index in [1.807, 2.05) is 6.07 Å². The summed E-state index contributed by atoms with van der Waals surface area (Å²) in [4.78, 5) is 26.5. The lowest BCUT2D eigenvalue weighted by Gasteiger charge is -2.07. The molecule has 1 heterocycles. The van der Waals surface area contributed by atoms with Crippen molar-refractivity contribution >= 4 is 34.6 Å². The predicted octanol–water partition coefficient (Wildman–Crippen LogP) is 3.20. The van der Waals surface area contributed by atoms with Gasteiger partial charge in [0.05, 0.1) is 24.4 Å². The summed E-state index contributed by atoms with van der Waals surface area (Å²) in [5.41, 5.74) is 0.849. The van der Waals surface area contributed by atoms with E-state index in [9.17, 15) is 19.2 Å². The zero-order chi connectivity index (χ0) is 25.7. The summed E-state index contributed by atoms with van der Waals surface area (Å²) in [6.07, 6.45) is 1.66. The van der Waals surface area contributed by atoms with Crippen LogP contribution < -0.4 is 29.5 Å². The molecular formula is C27H20FN3O4S. The normalized spacial score (nSPS) is 12.0. The Morgan fingerprint density at radius 3 is 2.36 bits per heavy atom. The molecule has 0 radical (unpaired) electrons. The van der Waals surface area contributed by atoms with E-state index in [0.29, 0.717) is 33.0 Å². The van der Waals surface area contributed by atoms with Gasteiger partial charge in [-0.25, -0.2) is 4.39 Å². The summed E-state index contributed by atoms with van der Waals surface area (Å²) in [5.74, 6) is -0.133. The average molecular weight is 502 g/mol. The molecule has 0 spiro atoms. The Balaban J connectivity index is 1.93. The highest BCUT2D eigenvalue weighted by molar-refractivity contribution is 7.07. The summed E-state index contributed by atoms with van der Waals surface area (Å²) < 4.78 is 25.7. The molecule has 1 N–H and O–H groups in total. The molecule has 0 fully saturated rings. The minimum Gasteiger partial charge on any atom is -0.493 e. The van der Waals surface area contributed by atoms with Crippen LogP contribution in [0.25, 0.3) is 17.3 Å². The van der Waals surface area contributed by atoms with Crippen LogP contribution >= 0.6 is 11.3 Å². The summed E-state index contributed by atoms with van der Waals surface area (Å²) in [7, 11) is 3.04. The molecule has 0 saturated heterocycles. The van der Waals surface area contributed by atoms with Crippen molar-refractivity contribution in [1.29, 1.82) is 5.26 Å². The van der Waals surface area contributed by atoms with E-state index in [0.717, 1.165) is 11.3 Å². The van der Waals surface area contributed by atoms with Gasteiger partial charge in [-0.1, -0.05) is 24.3 Å². The first-order valence-corrected chi connectivity index (χ1v) is 11.5. The lowest BCUT2D eigenvalue weighted by molar-refractivity contribution is -0.111. The molecule has 4 rings (SSSR count). The maximum absolute atomic E-state index is 13.5. The summed E-state index contributed by atoms with van der Waals surface area (Å²) >= 11 is 1.02. The van der Waals surface area contributed by atoms with Gasteiger partial charge >= 0.3 is 0 Å². The van der Waals surface area contributed by atoms with Crippen molar-refractivity contribution in [2.75, 3.05) is 19.5 Å². The number of nitriles is 1. The van der Waals surface area contributed by atoms with Crippen molar-refractivity contribution in [2.45, 2.75) is 0 Å². The van der Waals surface area contributed by atoms with Gasteiger partial charge in [-0.05, 0) is 60.2 Å². The van der Waals surface area contributed by atoms with Crippen molar-refractivity contribution in [3.63, 3.8) is 0 Å². The van der Waals surface area contributed by atoms with Crippen LogP contribution in [0, 0.1) is 17.1 Å².